The maximum absolute atomic E-state index is 12.3. The van der Waals surface area contributed by atoms with Crippen LogP contribution < -0.4 is 10.1 Å². The number of sulfone groups is 1. The van der Waals surface area contributed by atoms with Crippen LogP contribution in [0.25, 0.3) is 0 Å². The number of nitrogens with one attached hydrogen (secondary N) is 1. The van der Waals surface area contributed by atoms with Crippen LogP contribution in [0.5, 0.6) is 5.88 Å². The molecule has 1 aromatic heterocycles. The lowest BCUT2D eigenvalue weighted by Crippen LogP contribution is -2.43. The van der Waals surface area contributed by atoms with Crippen molar-refractivity contribution in [2.45, 2.75) is 44.6 Å². The average Bonchev–Trinajstić information content (AvgIpc) is 2.74. The highest BCUT2D eigenvalue weighted by atomic mass is 32.2. The van der Waals surface area contributed by atoms with Gasteiger partial charge >= 0.3 is 5.69 Å². The van der Waals surface area contributed by atoms with Crippen molar-refractivity contribution in [1.82, 2.24) is 14.9 Å². The van der Waals surface area contributed by atoms with E-state index in [4.69, 9.17) is 4.74 Å². The molecule has 0 aliphatic carbocycles. The van der Waals surface area contributed by atoms with Gasteiger partial charge in [-0.15, -0.1) is 0 Å². The summed E-state index contributed by atoms with van der Waals surface area (Å²) in [6.45, 7) is 7.34. The molecule has 3 rings (SSSR count). The van der Waals surface area contributed by atoms with Crippen molar-refractivity contribution < 1.29 is 22.9 Å². The van der Waals surface area contributed by atoms with Crippen LogP contribution in [0.1, 0.15) is 33.6 Å². The van der Waals surface area contributed by atoms with Crippen molar-refractivity contribution >= 4 is 32.8 Å². The Morgan fingerprint density at radius 2 is 1.82 bits per heavy atom. The van der Waals surface area contributed by atoms with Crippen molar-refractivity contribution in [2.75, 3.05) is 31.2 Å². The fourth-order valence-corrected chi connectivity index (χ4v) is 4.04. The largest absolute Gasteiger partial charge is 0.469 e. The molecule has 1 N–H and O–H groups in total. The summed E-state index contributed by atoms with van der Waals surface area (Å²) in [6.07, 6.45) is 3.20. The van der Waals surface area contributed by atoms with Gasteiger partial charge < -0.3 is 10.1 Å². The van der Waals surface area contributed by atoms with Crippen LogP contribution in [0.2, 0.25) is 0 Å². The number of piperidine rings is 1. The molecule has 0 spiro atoms. The molecular formula is C22H29N5O6S. The zero-order chi connectivity index (χ0) is 25.1. The summed E-state index contributed by atoms with van der Waals surface area (Å²) in [5.41, 5.74) is -0.374. The lowest BCUT2D eigenvalue weighted by molar-refractivity contribution is -0.385. The molecule has 12 heteroatoms. The van der Waals surface area contributed by atoms with Gasteiger partial charge in [-0.05, 0) is 37.1 Å². The Morgan fingerprint density at radius 3 is 2.35 bits per heavy atom. The van der Waals surface area contributed by atoms with Crippen molar-refractivity contribution in [3.05, 3.63) is 40.7 Å². The summed E-state index contributed by atoms with van der Waals surface area (Å²) < 4.78 is 29.1. The van der Waals surface area contributed by atoms with E-state index in [1.807, 2.05) is 20.8 Å². The standard InChI is InChI=1S/C22H29N5O6S/c1-22(2,3)18(28)13-26-11-9-16(10-12-26)33-21-19(27(29)30)20(23-14-24-21)25-15-5-7-17(8-6-15)34(4,31)32/h5-8,14,16H,9-13H2,1-4H3,(H,23,24,25). The molecule has 0 bridgehead atoms. The normalized spacial score (nSPS) is 15.6. The summed E-state index contributed by atoms with van der Waals surface area (Å²) in [5, 5.41) is 14.6. The summed E-state index contributed by atoms with van der Waals surface area (Å²) in [7, 11) is -3.36. The maximum Gasteiger partial charge on any atom is 0.373 e. The number of rotatable bonds is 8. The number of aromatic nitrogens is 2. The van der Waals surface area contributed by atoms with Gasteiger partial charge in [0.1, 0.15) is 12.4 Å². The van der Waals surface area contributed by atoms with E-state index in [9.17, 15) is 23.3 Å². The highest BCUT2D eigenvalue weighted by Gasteiger charge is 2.30. The third-order valence-electron chi connectivity index (χ3n) is 5.53. The highest BCUT2D eigenvalue weighted by Crippen LogP contribution is 2.34. The van der Waals surface area contributed by atoms with Gasteiger partial charge in [-0.1, -0.05) is 20.8 Å². The smallest absolute Gasteiger partial charge is 0.373 e. The number of nitrogens with zero attached hydrogens (tertiary/aromatic N) is 4. The third-order valence-corrected chi connectivity index (χ3v) is 6.66. The molecular weight excluding hydrogens is 462 g/mol. The van der Waals surface area contributed by atoms with Crippen molar-refractivity contribution in [1.29, 1.82) is 0 Å². The quantitative estimate of drug-likeness (QED) is 0.432. The van der Waals surface area contributed by atoms with Crippen LogP contribution >= 0.6 is 0 Å². The predicted molar refractivity (Wildman–Crippen MR) is 126 cm³/mol. The van der Waals surface area contributed by atoms with E-state index in [-0.39, 0.29) is 28.5 Å². The molecule has 0 radical (unpaired) electrons. The van der Waals surface area contributed by atoms with Crippen LogP contribution in [0.15, 0.2) is 35.5 Å². The summed E-state index contributed by atoms with van der Waals surface area (Å²) >= 11 is 0. The van der Waals surface area contributed by atoms with E-state index in [0.717, 1.165) is 6.26 Å². The lowest BCUT2D eigenvalue weighted by Gasteiger charge is -2.32. The number of hydrogen-bond donors (Lipinski definition) is 1. The summed E-state index contributed by atoms with van der Waals surface area (Å²) in [5.74, 6) is -0.0339. The number of carbonyl (C=O) groups is 1. The fraction of sp³-hybridized carbons (Fsp3) is 0.500. The summed E-state index contributed by atoms with van der Waals surface area (Å²) in [4.78, 5) is 33.6. The van der Waals surface area contributed by atoms with Crippen LogP contribution in [0.4, 0.5) is 17.2 Å². The number of hydrogen-bond acceptors (Lipinski definition) is 10. The topological polar surface area (TPSA) is 145 Å². The lowest BCUT2D eigenvalue weighted by atomic mass is 9.90. The Bertz CT molecular complexity index is 1150. The van der Waals surface area contributed by atoms with E-state index in [1.165, 1.54) is 30.6 Å². The Kier molecular flexibility index (Phi) is 7.51. The molecule has 0 atom stereocenters. The maximum atomic E-state index is 12.3. The van der Waals surface area contributed by atoms with E-state index >= 15 is 0 Å². The van der Waals surface area contributed by atoms with Gasteiger partial charge in [-0.2, -0.15) is 4.98 Å². The third kappa shape index (κ3) is 6.48. The molecule has 0 amide bonds. The van der Waals surface area contributed by atoms with Gasteiger partial charge in [0.05, 0.1) is 16.4 Å². The SMILES string of the molecule is CC(C)(C)C(=O)CN1CCC(Oc2ncnc(Nc3ccc(S(C)(=O)=O)cc3)c2[N+](=O)[O-])CC1. The predicted octanol–water partition coefficient (Wildman–Crippen LogP) is 2.99. The van der Waals surface area contributed by atoms with Crippen molar-refractivity contribution in [2.24, 2.45) is 5.41 Å². The van der Waals surface area contributed by atoms with Gasteiger partial charge in [-0.3, -0.25) is 19.8 Å². The van der Waals surface area contributed by atoms with E-state index in [1.54, 1.807) is 0 Å². The van der Waals surface area contributed by atoms with Crippen LogP contribution in [-0.4, -0.2) is 66.0 Å². The van der Waals surface area contributed by atoms with Gasteiger partial charge in [0.2, 0.25) is 5.82 Å². The van der Waals surface area contributed by atoms with Crippen LogP contribution in [0.3, 0.4) is 0 Å². The highest BCUT2D eigenvalue weighted by molar-refractivity contribution is 7.90. The number of ketones is 1. The number of Topliss-reactive ketones (excluding diaryl/α,β-unsaturated/α-hetero) is 1. The first-order valence-corrected chi connectivity index (χ1v) is 12.7. The Morgan fingerprint density at radius 1 is 1.21 bits per heavy atom. The van der Waals surface area contributed by atoms with E-state index in [0.29, 0.717) is 38.2 Å². The molecule has 0 saturated carbocycles. The fourth-order valence-electron chi connectivity index (χ4n) is 3.41. The zero-order valence-corrected chi connectivity index (χ0v) is 20.5. The average molecular weight is 492 g/mol. The first-order valence-electron chi connectivity index (χ1n) is 10.8. The minimum absolute atomic E-state index is 0.0599. The Hall–Kier alpha value is -3.12. The second-order valence-electron chi connectivity index (χ2n) is 9.32. The molecule has 1 fully saturated rings. The van der Waals surface area contributed by atoms with Gasteiger partial charge in [0, 0.05) is 30.4 Å². The molecule has 34 heavy (non-hydrogen) atoms. The molecule has 1 saturated heterocycles. The van der Waals surface area contributed by atoms with E-state index in [2.05, 4.69) is 20.2 Å². The zero-order valence-electron chi connectivity index (χ0n) is 19.6. The second kappa shape index (κ2) is 10.0. The number of likely N-dealkylation sites (tertiary alicyclic amines) is 1. The minimum atomic E-state index is -3.36. The number of nitro groups is 1. The second-order valence-corrected chi connectivity index (χ2v) is 11.3. The Labute approximate surface area is 198 Å². The number of anilines is 2. The number of carbonyl (C=O) groups excluding carboxylic acids is 1. The first-order chi connectivity index (χ1) is 15.8. The molecule has 184 valence electrons. The van der Waals surface area contributed by atoms with E-state index < -0.39 is 25.9 Å². The number of benzene rings is 1. The van der Waals surface area contributed by atoms with Crippen LogP contribution in [0, 0.1) is 15.5 Å². The van der Waals surface area contributed by atoms with Gasteiger partial charge in [0.15, 0.2) is 15.6 Å². The molecule has 1 aromatic carbocycles. The summed E-state index contributed by atoms with van der Waals surface area (Å²) in [6, 6.07) is 5.80. The van der Waals surface area contributed by atoms with Crippen LogP contribution in [-0.2, 0) is 14.6 Å². The number of ether oxygens (including phenoxy) is 1. The molecule has 1 aliphatic rings. The first kappa shape index (κ1) is 25.5. The Balaban J connectivity index is 1.70. The van der Waals surface area contributed by atoms with Crippen molar-refractivity contribution in [3.8, 4) is 5.88 Å². The van der Waals surface area contributed by atoms with Crippen molar-refractivity contribution in [3.63, 3.8) is 0 Å². The molecule has 11 nitrogen and oxygen atoms in total. The monoisotopic (exact) mass is 491 g/mol. The molecule has 1 aliphatic heterocycles. The molecule has 2 aromatic rings. The molecule has 2 heterocycles. The molecule has 0 unspecified atom stereocenters. The minimum Gasteiger partial charge on any atom is -0.469 e. The van der Waals surface area contributed by atoms with Gasteiger partial charge in [-0.25, -0.2) is 13.4 Å². The van der Waals surface area contributed by atoms with Gasteiger partial charge in [0.25, 0.3) is 5.88 Å².